The minimum atomic E-state index is -4.23. The van der Waals surface area contributed by atoms with Crippen LogP contribution in [0.3, 0.4) is 0 Å². The molecule has 2 bridgehead atoms. The molecule has 0 radical (unpaired) electrons. The van der Waals surface area contributed by atoms with E-state index >= 15 is 0 Å². The van der Waals surface area contributed by atoms with Crippen molar-refractivity contribution in [3.8, 4) is 0 Å². The molecule has 92 valence electrons. The molecule has 2 unspecified atom stereocenters. The van der Waals surface area contributed by atoms with Crippen molar-refractivity contribution in [3.05, 3.63) is 0 Å². The fourth-order valence-corrected chi connectivity index (χ4v) is 2.41. The highest BCUT2D eigenvalue weighted by molar-refractivity contribution is 5.77. The topological polar surface area (TPSA) is 32.3 Å². The number of amides is 1. The van der Waals surface area contributed by atoms with E-state index in [9.17, 15) is 18.0 Å². The summed E-state index contributed by atoms with van der Waals surface area (Å²) in [5, 5.41) is 3.26. The van der Waals surface area contributed by atoms with Crippen LogP contribution in [0.15, 0.2) is 0 Å². The van der Waals surface area contributed by atoms with Crippen LogP contribution in [0.1, 0.15) is 25.7 Å². The largest absolute Gasteiger partial charge is 0.389 e. The quantitative estimate of drug-likeness (QED) is 0.783. The summed E-state index contributed by atoms with van der Waals surface area (Å²) < 4.78 is 36.0. The Hall–Kier alpha value is -0.780. The zero-order valence-electron chi connectivity index (χ0n) is 8.89. The van der Waals surface area contributed by atoms with Crippen LogP contribution in [0.5, 0.6) is 0 Å². The minimum Gasteiger partial charge on any atom is -0.337 e. The maximum atomic E-state index is 12.0. The molecule has 2 atom stereocenters. The molecule has 16 heavy (non-hydrogen) atoms. The molecular weight excluding hydrogens is 221 g/mol. The lowest BCUT2D eigenvalue weighted by atomic mass is 9.92. The van der Waals surface area contributed by atoms with Gasteiger partial charge in [-0.2, -0.15) is 13.2 Å². The van der Waals surface area contributed by atoms with Gasteiger partial charge in [-0.25, -0.2) is 0 Å². The van der Waals surface area contributed by atoms with Crippen molar-refractivity contribution in [2.75, 3.05) is 13.1 Å². The van der Waals surface area contributed by atoms with Crippen LogP contribution < -0.4 is 5.32 Å². The van der Waals surface area contributed by atoms with Crippen LogP contribution in [0.2, 0.25) is 0 Å². The van der Waals surface area contributed by atoms with Crippen LogP contribution >= 0.6 is 0 Å². The summed E-state index contributed by atoms with van der Waals surface area (Å²) >= 11 is 0. The smallest absolute Gasteiger partial charge is 0.337 e. The van der Waals surface area contributed by atoms with Crippen LogP contribution in [0.25, 0.3) is 0 Å². The van der Waals surface area contributed by atoms with Crippen molar-refractivity contribution in [1.29, 1.82) is 0 Å². The van der Waals surface area contributed by atoms with Gasteiger partial charge in [-0.05, 0) is 12.8 Å². The first kappa shape index (κ1) is 11.7. The van der Waals surface area contributed by atoms with Gasteiger partial charge in [0.1, 0.15) is 0 Å². The molecular formula is C10H15F3N2O. The maximum absolute atomic E-state index is 12.0. The van der Waals surface area contributed by atoms with Crippen molar-refractivity contribution in [3.63, 3.8) is 0 Å². The Bertz CT molecular complexity index is 272. The van der Waals surface area contributed by atoms with Gasteiger partial charge in [0.25, 0.3) is 0 Å². The monoisotopic (exact) mass is 236 g/mol. The zero-order chi connectivity index (χ0) is 11.8. The number of alkyl halides is 3. The number of hydrogen-bond acceptors (Lipinski definition) is 2. The predicted molar refractivity (Wildman–Crippen MR) is 51.8 cm³/mol. The number of nitrogens with one attached hydrogen (secondary N) is 1. The van der Waals surface area contributed by atoms with Crippen molar-refractivity contribution in [2.24, 2.45) is 0 Å². The van der Waals surface area contributed by atoms with Crippen molar-refractivity contribution >= 4 is 5.91 Å². The number of piperazine rings is 1. The van der Waals surface area contributed by atoms with E-state index in [1.54, 1.807) is 4.90 Å². The third-order valence-corrected chi connectivity index (χ3v) is 3.29. The average molecular weight is 236 g/mol. The third kappa shape index (κ3) is 2.66. The van der Waals surface area contributed by atoms with E-state index in [0.29, 0.717) is 6.54 Å². The minimum absolute atomic E-state index is 0.103. The van der Waals surface area contributed by atoms with E-state index in [1.807, 2.05) is 0 Å². The van der Waals surface area contributed by atoms with Crippen molar-refractivity contribution in [2.45, 2.75) is 43.9 Å². The Morgan fingerprint density at radius 3 is 2.56 bits per heavy atom. The first-order valence-corrected chi connectivity index (χ1v) is 5.55. The van der Waals surface area contributed by atoms with Crippen molar-refractivity contribution in [1.82, 2.24) is 10.2 Å². The molecule has 3 heterocycles. The van der Waals surface area contributed by atoms with Crippen LogP contribution in [0.4, 0.5) is 13.2 Å². The van der Waals surface area contributed by atoms with Gasteiger partial charge in [0.05, 0.1) is 6.42 Å². The Morgan fingerprint density at radius 1 is 1.38 bits per heavy atom. The SMILES string of the molecule is O=C(CCC(F)(F)F)N1CC2CCC1CN2. The highest BCUT2D eigenvalue weighted by Gasteiger charge is 2.37. The Kier molecular flexibility index (Phi) is 3.10. The Balaban J connectivity index is 1.86. The van der Waals surface area contributed by atoms with Crippen LogP contribution in [0, 0.1) is 0 Å². The fourth-order valence-electron chi connectivity index (χ4n) is 2.41. The summed E-state index contributed by atoms with van der Waals surface area (Å²) in [4.78, 5) is 13.3. The molecule has 3 rings (SSSR count). The average Bonchev–Trinajstić information content (AvgIpc) is 2.26. The standard InChI is InChI=1S/C10H15F3N2O/c11-10(12,13)4-3-9(16)15-6-7-1-2-8(15)5-14-7/h7-8,14H,1-6H2. The third-order valence-electron chi connectivity index (χ3n) is 3.29. The van der Waals surface area contributed by atoms with E-state index in [0.717, 1.165) is 19.4 Å². The lowest BCUT2D eigenvalue weighted by molar-refractivity contribution is -0.152. The molecule has 0 aromatic carbocycles. The van der Waals surface area contributed by atoms with Crippen LogP contribution in [-0.2, 0) is 4.79 Å². The summed E-state index contributed by atoms with van der Waals surface area (Å²) in [6.45, 7) is 1.30. The Morgan fingerprint density at radius 2 is 2.12 bits per heavy atom. The van der Waals surface area contributed by atoms with Gasteiger partial charge < -0.3 is 10.2 Å². The van der Waals surface area contributed by atoms with Gasteiger partial charge in [0.2, 0.25) is 5.91 Å². The van der Waals surface area contributed by atoms with Gasteiger partial charge in [0, 0.05) is 31.6 Å². The molecule has 0 spiro atoms. The maximum Gasteiger partial charge on any atom is 0.389 e. The molecule has 3 saturated heterocycles. The number of fused-ring (bicyclic) bond motifs is 3. The molecule has 1 amide bonds. The van der Waals surface area contributed by atoms with Gasteiger partial charge in [0.15, 0.2) is 0 Å². The fraction of sp³-hybridized carbons (Fsp3) is 0.900. The highest BCUT2D eigenvalue weighted by atomic mass is 19.4. The second kappa shape index (κ2) is 4.24. The highest BCUT2D eigenvalue weighted by Crippen LogP contribution is 2.26. The molecule has 3 nitrogen and oxygen atoms in total. The van der Waals surface area contributed by atoms with E-state index in [-0.39, 0.29) is 18.0 Å². The molecule has 1 N–H and O–H groups in total. The second-order valence-corrected chi connectivity index (χ2v) is 4.50. The first-order valence-electron chi connectivity index (χ1n) is 5.55. The number of piperidine rings is 2. The predicted octanol–water partition coefficient (Wildman–Crippen LogP) is 1.29. The number of carbonyl (C=O) groups excluding carboxylic acids is 1. The molecule has 0 aromatic rings. The lowest BCUT2D eigenvalue weighted by Gasteiger charge is -2.46. The van der Waals surface area contributed by atoms with E-state index in [2.05, 4.69) is 5.32 Å². The summed E-state index contributed by atoms with van der Waals surface area (Å²) in [7, 11) is 0. The number of nitrogens with zero attached hydrogens (tertiary/aromatic N) is 1. The molecule has 0 aromatic heterocycles. The molecule has 0 aliphatic carbocycles. The van der Waals surface area contributed by atoms with Gasteiger partial charge in [-0.1, -0.05) is 0 Å². The number of halogens is 3. The second-order valence-electron chi connectivity index (χ2n) is 4.50. The molecule has 3 fully saturated rings. The van der Waals surface area contributed by atoms with Gasteiger partial charge in [-0.3, -0.25) is 4.79 Å². The first-order chi connectivity index (χ1) is 7.46. The molecule has 0 saturated carbocycles. The van der Waals surface area contributed by atoms with E-state index in [1.165, 1.54) is 0 Å². The number of rotatable bonds is 2. The Labute approximate surface area is 92.0 Å². The van der Waals surface area contributed by atoms with Crippen LogP contribution in [-0.4, -0.2) is 42.2 Å². The van der Waals surface area contributed by atoms with Gasteiger partial charge in [-0.15, -0.1) is 0 Å². The van der Waals surface area contributed by atoms with E-state index in [4.69, 9.17) is 0 Å². The van der Waals surface area contributed by atoms with Gasteiger partial charge >= 0.3 is 6.18 Å². The summed E-state index contributed by atoms with van der Waals surface area (Å²) in [5.74, 6) is -0.353. The lowest BCUT2D eigenvalue weighted by Crippen LogP contribution is -2.62. The number of hydrogen-bond donors (Lipinski definition) is 1. The normalized spacial score (nSPS) is 29.6. The molecule has 3 aliphatic heterocycles. The summed E-state index contributed by atoms with van der Waals surface area (Å²) in [6.07, 6.45) is -3.72. The molecule has 3 aliphatic rings. The van der Waals surface area contributed by atoms with E-state index < -0.39 is 19.0 Å². The zero-order valence-corrected chi connectivity index (χ0v) is 8.89. The van der Waals surface area contributed by atoms with Crippen molar-refractivity contribution < 1.29 is 18.0 Å². The number of carbonyl (C=O) groups is 1. The summed E-state index contributed by atoms with van der Waals surface area (Å²) in [6, 6.07) is 0.380. The summed E-state index contributed by atoms with van der Waals surface area (Å²) in [5.41, 5.74) is 0. The molecule has 6 heteroatoms.